The molecule has 2 aliphatic rings. The fourth-order valence-electron chi connectivity index (χ4n) is 3.15. The smallest absolute Gasteiger partial charge is 0.185 e. The molecule has 1 aromatic rings. The Hall–Kier alpha value is -0.650. The number of hydrogen-bond donors (Lipinski definition) is 1. The molecule has 1 saturated carbocycles. The summed E-state index contributed by atoms with van der Waals surface area (Å²) >= 11 is 1.78. The van der Waals surface area contributed by atoms with Crippen molar-refractivity contribution in [3.05, 3.63) is 11.1 Å². The summed E-state index contributed by atoms with van der Waals surface area (Å²) in [6.45, 7) is 7.04. The maximum Gasteiger partial charge on any atom is 0.185 e. The third kappa shape index (κ3) is 3.15. The molecule has 5 heteroatoms. The lowest BCUT2D eigenvalue weighted by Gasteiger charge is -2.43. The second-order valence-electron chi connectivity index (χ2n) is 6.11. The Morgan fingerprint density at radius 1 is 1.45 bits per heavy atom. The van der Waals surface area contributed by atoms with Gasteiger partial charge in [-0.25, -0.2) is 4.98 Å². The minimum absolute atomic E-state index is 0.429. The number of rotatable bonds is 4. The van der Waals surface area contributed by atoms with E-state index in [9.17, 15) is 0 Å². The number of hydrogen-bond acceptors (Lipinski definition) is 5. The summed E-state index contributed by atoms with van der Waals surface area (Å²) in [7, 11) is 0. The van der Waals surface area contributed by atoms with Gasteiger partial charge >= 0.3 is 0 Å². The molecule has 4 nitrogen and oxygen atoms in total. The van der Waals surface area contributed by atoms with E-state index >= 15 is 0 Å². The Bertz CT molecular complexity index is 433. The fraction of sp³-hybridized carbons (Fsp3) is 0.800. The molecule has 2 atom stereocenters. The predicted molar refractivity (Wildman–Crippen MR) is 83.4 cm³/mol. The molecule has 20 heavy (non-hydrogen) atoms. The Morgan fingerprint density at radius 3 is 3.15 bits per heavy atom. The van der Waals surface area contributed by atoms with Gasteiger partial charge in [-0.15, -0.1) is 11.3 Å². The maximum absolute atomic E-state index is 5.94. The van der Waals surface area contributed by atoms with Gasteiger partial charge in [-0.05, 0) is 12.8 Å². The fourth-order valence-corrected chi connectivity index (χ4v) is 4.06. The van der Waals surface area contributed by atoms with E-state index in [1.54, 1.807) is 11.3 Å². The molecule has 0 aromatic carbocycles. The second-order valence-corrected chi connectivity index (χ2v) is 6.95. The Morgan fingerprint density at radius 2 is 2.30 bits per heavy atom. The van der Waals surface area contributed by atoms with Gasteiger partial charge in [0.1, 0.15) is 0 Å². The van der Waals surface area contributed by atoms with Crippen molar-refractivity contribution in [3.63, 3.8) is 0 Å². The highest BCUT2D eigenvalue weighted by molar-refractivity contribution is 7.13. The Balaban J connectivity index is 1.68. The van der Waals surface area contributed by atoms with E-state index in [1.165, 1.54) is 30.8 Å². The minimum atomic E-state index is 0.429. The van der Waals surface area contributed by atoms with Crippen molar-refractivity contribution >= 4 is 16.5 Å². The average Bonchev–Trinajstić information content (AvgIpc) is 2.93. The van der Waals surface area contributed by atoms with E-state index in [4.69, 9.17) is 9.72 Å². The third-order valence-electron chi connectivity index (χ3n) is 4.21. The summed E-state index contributed by atoms with van der Waals surface area (Å²) in [5.41, 5.74) is 1.16. The van der Waals surface area contributed by atoms with Crippen LogP contribution in [0.2, 0.25) is 0 Å². The van der Waals surface area contributed by atoms with Crippen molar-refractivity contribution in [2.75, 3.05) is 18.1 Å². The molecular formula is C15H25N3OS. The highest BCUT2D eigenvalue weighted by atomic mass is 32.1. The number of anilines is 1. The van der Waals surface area contributed by atoms with Crippen molar-refractivity contribution in [1.29, 1.82) is 0 Å². The van der Waals surface area contributed by atoms with Crippen molar-refractivity contribution in [3.8, 4) is 0 Å². The minimum Gasteiger partial charge on any atom is -0.374 e. The van der Waals surface area contributed by atoms with Gasteiger partial charge in [-0.2, -0.15) is 0 Å². The second kappa shape index (κ2) is 6.41. The normalized spacial score (nSPS) is 26.9. The first-order valence-corrected chi connectivity index (χ1v) is 8.68. The van der Waals surface area contributed by atoms with Gasteiger partial charge < -0.3 is 15.0 Å². The molecule has 2 unspecified atom stereocenters. The molecule has 1 saturated heterocycles. The first-order valence-electron chi connectivity index (χ1n) is 7.80. The quantitative estimate of drug-likeness (QED) is 0.927. The zero-order valence-corrected chi connectivity index (χ0v) is 13.3. The maximum atomic E-state index is 5.94. The van der Waals surface area contributed by atoms with Crippen molar-refractivity contribution in [1.82, 2.24) is 10.3 Å². The van der Waals surface area contributed by atoms with Crippen LogP contribution < -0.4 is 10.2 Å². The number of nitrogens with zero attached hydrogens (tertiary/aromatic N) is 2. The highest BCUT2D eigenvalue weighted by Gasteiger charge is 2.35. The lowest BCUT2D eigenvalue weighted by molar-refractivity contribution is -0.00869. The summed E-state index contributed by atoms with van der Waals surface area (Å²) in [4.78, 5) is 7.32. The topological polar surface area (TPSA) is 37.4 Å². The molecule has 1 aliphatic carbocycles. The van der Waals surface area contributed by atoms with Crippen molar-refractivity contribution in [2.24, 2.45) is 0 Å². The number of thiazole rings is 1. The highest BCUT2D eigenvalue weighted by Crippen LogP contribution is 2.33. The van der Waals surface area contributed by atoms with Crippen molar-refractivity contribution in [2.45, 2.75) is 64.3 Å². The Kier molecular flexibility index (Phi) is 4.58. The molecular weight excluding hydrogens is 270 g/mol. The summed E-state index contributed by atoms with van der Waals surface area (Å²) in [6.07, 6.45) is 5.54. The summed E-state index contributed by atoms with van der Waals surface area (Å²) in [5, 5.41) is 6.81. The number of fused-ring (bicyclic) bond motifs is 1. The number of ether oxygens (including phenoxy) is 1. The Labute approximate surface area is 125 Å². The van der Waals surface area contributed by atoms with Gasteiger partial charge in [-0.3, -0.25) is 0 Å². The van der Waals surface area contributed by atoms with E-state index in [-0.39, 0.29) is 0 Å². The molecule has 0 bridgehead atoms. The van der Waals surface area contributed by atoms with E-state index in [1.807, 2.05) is 0 Å². The molecule has 1 aliphatic heterocycles. The van der Waals surface area contributed by atoms with Crippen LogP contribution in [0.4, 0.5) is 5.13 Å². The van der Waals surface area contributed by atoms with Crippen molar-refractivity contribution < 1.29 is 4.74 Å². The molecule has 2 fully saturated rings. The van der Waals surface area contributed by atoms with Crippen LogP contribution in [0.15, 0.2) is 5.38 Å². The molecule has 112 valence electrons. The standard InChI is InChI=1S/C15H25N3OS/c1-11(2)16-9-12-10-20-15(17-12)18-7-8-19-14-6-4-3-5-13(14)18/h10-11,13-14,16H,3-9H2,1-2H3. The van der Waals surface area contributed by atoms with Gasteiger partial charge in [-0.1, -0.05) is 26.7 Å². The first kappa shape index (κ1) is 14.3. The number of aromatic nitrogens is 1. The zero-order chi connectivity index (χ0) is 13.9. The van der Waals surface area contributed by atoms with Gasteiger partial charge in [0.15, 0.2) is 5.13 Å². The largest absolute Gasteiger partial charge is 0.374 e. The lowest BCUT2D eigenvalue weighted by atomic mass is 9.90. The van der Waals surface area contributed by atoms with Crippen LogP contribution in [0.25, 0.3) is 0 Å². The summed E-state index contributed by atoms with van der Waals surface area (Å²) in [6, 6.07) is 1.06. The number of nitrogens with one attached hydrogen (secondary N) is 1. The van der Waals surface area contributed by atoms with E-state index in [0.29, 0.717) is 18.2 Å². The molecule has 1 aromatic heterocycles. The third-order valence-corrected chi connectivity index (χ3v) is 5.14. The van der Waals surface area contributed by atoms with Crippen LogP contribution in [-0.2, 0) is 11.3 Å². The predicted octanol–water partition coefficient (Wildman–Crippen LogP) is 2.79. The lowest BCUT2D eigenvalue weighted by Crippen LogP contribution is -2.52. The van der Waals surface area contributed by atoms with Crippen LogP contribution in [0.1, 0.15) is 45.2 Å². The van der Waals surface area contributed by atoms with Gasteiger partial charge in [0, 0.05) is 24.5 Å². The van der Waals surface area contributed by atoms with Crippen LogP contribution in [0.3, 0.4) is 0 Å². The summed E-state index contributed by atoms with van der Waals surface area (Å²) < 4.78 is 5.94. The van der Waals surface area contributed by atoms with E-state index < -0.39 is 0 Å². The van der Waals surface area contributed by atoms with Crippen LogP contribution in [0, 0.1) is 0 Å². The van der Waals surface area contributed by atoms with Gasteiger partial charge in [0.2, 0.25) is 0 Å². The number of morpholine rings is 1. The van der Waals surface area contributed by atoms with Gasteiger partial charge in [0.25, 0.3) is 0 Å². The van der Waals surface area contributed by atoms with Gasteiger partial charge in [0.05, 0.1) is 24.4 Å². The average molecular weight is 295 g/mol. The monoisotopic (exact) mass is 295 g/mol. The molecule has 0 amide bonds. The van der Waals surface area contributed by atoms with E-state index in [0.717, 1.165) is 25.4 Å². The molecule has 0 spiro atoms. The first-order chi connectivity index (χ1) is 9.74. The molecule has 2 heterocycles. The van der Waals surface area contributed by atoms with E-state index in [2.05, 4.69) is 29.4 Å². The van der Waals surface area contributed by atoms with Crippen LogP contribution >= 0.6 is 11.3 Å². The molecule has 0 radical (unpaired) electrons. The molecule has 3 rings (SSSR count). The zero-order valence-electron chi connectivity index (χ0n) is 12.5. The SMILES string of the molecule is CC(C)NCc1csc(N2CCOC3CCCCC32)n1. The van der Waals surface area contributed by atoms with Crippen LogP contribution in [0.5, 0.6) is 0 Å². The van der Waals surface area contributed by atoms with Crippen LogP contribution in [-0.4, -0.2) is 36.3 Å². The summed E-state index contributed by atoms with van der Waals surface area (Å²) in [5.74, 6) is 0. The molecule has 1 N–H and O–H groups in total.